The minimum Gasteiger partial charge on any atom is -0.506 e. The van der Waals surface area contributed by atoms with Crippen molar-refractivity contribution in [3.63, 3.8) is 0 Å². The molecule has 0 bridgehead atoms. The van der Waals surface area contributed by atoms with E-state index < -0.39 is 0 Å². The summed E-state index contributed by atoms with van der Waals surface area (Å²) in [6.07, 6.45) is 3.30. The van der Waals surface area contributed by atoms with Gasteiger partial charge in [-0.25, -0.2) is 4.98 Å². The molecule has 0 amide bonds. The second kappa shape index (κ2) is 9.12. The lowest BCUT2D eigenvalue weighted by molar-refractivity contribution is 0.267. The maximum absolute atomic E-state index is 9.80. The Morgan fingerprint density at radius 1 is 1.04 bits per heavy atom. The van der Waals surface area contributed by atoms with Gasteiger partial charge in [0.1, 0.15) is 11.4 Å². The van der Waals surface area contributed by atoms with Crippen LogP contribution < -0.4 is 4.74 Å². The standard InChI is InChI=1S/C19H16Br3N3O2/c1-2-11-3-5-12(6-4-11)7-17(22)27-19-23-10-16(24-25-19)13-8-14(20)18(26)15(21)9-13/h3-6,8-10,17,26H,2,7H2,1H3. The summed E-state index contributed by atoms with van der Waals surface area (Å²) in [5, 5.41) is 17.7. The molecule has 0 saturated carbocycles. The van der Waals surface area contributed by atoms with Crippen LogP contribution in [0.5, 0.6) is 11.8 Å². The molecule has 0 radical (unpaired) electrons. The lowest BCUT2D eigenvalue weighted by Crippen LogP contribution is -2.13. The predicted octanol–water partition coefficient (Wildman–Crippen LogP) is 5.67. The Morgan fingerprint density at radius 3 is 2.22 bits per heavy atom. The topological polar surface area (TPSA) is 68.1 Å². The first kappa shape index (κ1) is 20.2. The summed E-state index contributed by atoms with van der Waals surface area (Å²) in [6.45, 7) is 2.13. The minimum atomic E-state index is -0.255. The summed E-state index contributed by atoms with van der Waals surface area (Å²) in [7, 11) is 0. The van der Waals surface area contributed by atoms with Crippen LogP contribution in [0.3, 0.4) is 0 Å². The highest BCUT2D eigenvalue weighted by Crippen LogP contribution is 2.36. The number of ether oxygens (including phenoxy) is 1. The Bertz CT molecular complexity index is 895. The van der Waals surface area contributed by atoms with Crippen LogP contribution in [0.15, 0.2) is 51.5 Å². The summed E-state index contributed by atoms with van der Waals surface area (Å²) in [4.78, 5) is 4.23. The third-order valence-electron chi connectivity index (χ3n) is 3.91. The van der Waals surface area contributed by atoms with E-state index in [1.807, 2.05) is 0 Å². The Hall–Kier alpha value is -1.51. The van der Waals surface area contributed by atoms with E-state index in [9.17, 15) is 5.11 Å². The first-order valence-corrected chi connectivity index (χ1v) is 10.7. The van der Waals surface area contributed by atoms with E-state index in [0.717, 1.165) is 17.5 Å². The highest BCUT2D eigenvalue weighted by Gasteiger charge is 2.12. The maximum atomic E-state index is 9.80. The number of rotatable bonds is 6. The molecule has 140 valence electrons. The highest BCUT2D eigenvalue weighted by atomic mass is 79.9. The lowest BCUT2D eigenvalue weighted by Gasteiger charge is -2.12. The normalized spacial score (nSPS) is 12.0. The SMILES string of the molecule is CCc1ccc(CC(Br)Oc2ncc(-c3cc(Br)c(O)c(Br)c3)nn2)cc1. The van der Waals surface area contributed by atoms with E-state index in [0.29, 0.717) is 21.1 Å². The van der Waals surface area contributed by atoms with Gasteiger partial charge in [0.2, 0.25) is 0 Å². The molecule has 3 aromatic rings. The van der Waals surface area contributed by atoms with E-state index in [4.69, 9.17) is 4.74 Å². The minimum absolute atomic E-state index is 0.133. The van der Waals surface area contributed by atoms with Gasteiger partial charge >= 0.3 is 6.01 Å². The number of benzene rings is 2. The van der Waals surface area contributed by atoms with Crippen LogP contribution in [-0.4, -0.2) is 25.3 Å². The average Bonchev–Trinajstić information content (AvgIpc) is 2.67. The summed E-state index contributed by atoms with van der Waals surface area (Å²) in [6, 6.07) is 12.1. The van der Waals surface area contributed by atoms with E-state index in [2.05, 4.69) is 94.2 Å². The van der Waals surface area contributed by atoms with Crippen molar-refractivity contribution in [1.82, 2.24) is 15.2 Å². The van der Waals surface area contributed by atoms with Gasteiger partial charge in [-0.05, 0) is 77.5 Å². The molecule has 5 nitrogen and oxygen atoms in total. The Labute approximate surface area is 182 Å². The van der Waals surface area contributed by atoms with Crippen molar-refractivity contribution >= 4 is 47.8 Å². The third kappa shape index (κ3) is 5.27. The number of hydrogen-bond donors (Lipinski definition) is 1. The molecule has 1 unspecified atom stereocenters. The van der Waals surface area contributed by atoms with Gasteiger partial charge in [0.25, 0.3) is 0 Å². The Kier molecular flexibility index (Phi) is 6.83. The second-order valence-electron chi connectivity index (χ2n) is 5.82. The number of aromatic hydroxyl groups is 1. The first-order chi connectivity index (χ1) is 13.0. The number of aryl methyl sites for hydroxylation is 1. The molecular weight excluding hydrogens is 542 g/mol. The molecule has 1 heterocycles. The fraction of sp³-hybridized carbons (Fsp3) is 0.211. The fourth-order valence-corrected chi connectivity index (χ4v) is 4.14. The van der Waals surface area contributed by atoms with E-state index >= 15 is 0 Å². The molecule has 8 heteroatoms. The largest absolute Gasteiger partial charge is 0.506 e. The Morgan fingerprint density at radius 2 is 1.67 bits per heavy atom. The van der Waals surface area contributed by atoms with Gasteiger partial charge in [-0.1, -0.05) is 36.3 Å². The third-order valence-corrected chi connectivity index (χ3v) is 5.63. The first-order valence-electron chi connectivity index (χ1n) is 8.23. The van der Waals surface area contributed by atoms with E-state index in [-0.39, 0.29) is 16.8 Å². The summed E-state index contributed by atoms with van der Waals surface area (Å²) in [5.41, 5.74) is 3.81. The van der Waals surface area contributed by atoms with Crippen molar-refractivity contribution in [2.24, 2.45) is 0 Å². The van der Waals surface area contributed by atoms with Gasteiger partial charge in [0.05, 0.1) is 15.1 Å². The van der Waals surface area contributed by atoms with Gasteiger partial charge in [0, 0.05) is 12.0 Å². The zero-order valence-electron chi connectivity index (χ0n) is 14.4. The smallest absolute Gasteiger partial charge is 0.336 e. The van der Waals surface area contributed by atoms with Gasteiger partial charge in [-0.3, -0.25) is 0 Å². The number of hydrogen-bond acceptors (Lipinski definition) is 5. The molecule has 27 heavy (non-hydrogen) atoms. The van der Waals surface area contributed by atoms with E-state index in [1.54, 1.807) is 18.3 Å². The van der Waals surface area contributed by atoms with Crippen LogP contribution in [0, 0.1) is 0 Å². The molecule has 2 aromatic carbocycles. The lowest BCUT2D eigenvalue weighted by atomic mass is 10.1. The number of alkyl halides is 1. The number of halogens is 3. The van der Waals surface area contributed by atoms with Crippen LogP contribution in [0.25, 0.3) is 11.3 Å². The predicted molar refractivity (Wildman–Crippen MR) is 115 cm³/mol. The number of aromatic nitrogens is 3. The number of nitrogens with zero attached hydrogens (tertiary/aromatic N) is 3. The average molecular weight is 558 g/mol. The number of phenols is 1. The Balaban J connectivity index is 1.66. The zero-order valence-corrected chi connectivity index (χ0v) is 19.1. The summed E-state index contributed by atoms with van der Waals surface area (Å²) < 4.78 is 6.82. The molecule has 0 aliphatic rings. The molecular formula is C19H16Br3N3O2. The van der Waals surface area contributed by atoms with Crippen molar-refractivity contribution < 1.29 is 9.84 Å². The molecule has 1 aromatic heterocycles. The highest BCUT2D eigenvalue weighted by molar-refractivity contribution is 9.11. The van der Waals surface area contributed by atoms with Crippen molar-refractivity contribution in [2.45, 2.75) is 24.8 Å². The fourth-order valence-electron chi connectivity index (χ4n) is 2.42. The van der Waals surface area contributed by atoms with Crippen LogP contribution in [0.1, 0.15) is 18.1 Å². The molecule has 3 rings (SSSR count). The van der Waals surface area contributed by atoms with Crippen LogP contribution in [-0.2, 0) is 12.8 Å². The monoisotopic (exact) mass is 555 g/mol. The quantitative estimate of drug-likeness (QED) is 0.395. The molecule has 0 saturated heterocycles. The van der Waals surface area contributed by atoms with Crippen molar-refractivity contribution in [2.75, 3.05) is 0 Å². The second-order valence-corrected chi connectivity index (χ2v) is 8.55. The van der Waals surface area contributed by atoms with Gasteiger partial charge in [-0.15, -0.1) is 5.10 Å². The van der Waals surface area contributed by atoms with Crippen LogP contribution >= 0.6 is 47.8 Å². The van der Waals surface area contributed by atoms with Crippen LogP contribution in [0.4, 0.5) is 0 Å². The molecule has 0 spiro atoms. The summed E-state index contributed by atoms with van der Waals surface area (Å²) in [5.74, 6) is 0.133. The van der Waals surface area contributed by atoms with E-state index in [1.165, 1.54) is 5.56 Å². The molecule has 0 aliphatic heterocycles. The molecule has 0 fully saturated rings. The van der Waals surface area contributed by atoms with Gasteiger partial charge < -0.3 is 9.84 Å². The maximum Gasteiger partial charge on any atom is 0.336 e. The zero-order chi connectivity index (χ0) is 19.4. The van der Waals surface area contributed by atoms with Gasteiger partial charge in [-0.2, -0.15) is 0 Å². The van der Waals surface area contributed by atoms with Gasteiger partial charge in [0.15, 0.2) is 5.01 Å². The molecule has 0 aliphatic carbocycles. The number of phenolic OH excluding ortho intramolecular Hbond substituents is 1. The molecule has 1 atom stereocenters. The van der Waals surface area contributed by atoms with Crippen LogP contribution in [0.2, 0.25) is 0 Å². The van der Waals surface area contributed by atoms with Crippen molar-refractivity contribution in [3.05, 3.63) is 62.7 Å². The van der Waals surface area contributed by atoms with Crippen molar-refractivity contribution in [3.8, 4) is 23.0 Å². The summed E-state index contributed by atoms with van der Waals surface area (Å²) >= 11 is 10.1. The van der Waals surface area contributed by atoms with Crippen molar-refractivity contribution in [1.29, 1.82) is 0 Å². The molecule has 1 N–H and O–H groups in total.